The molecule has 0 fully saturated rings. The highest BCUT2D eigenvalue weighted by molar-refractivity contribution is 8.00. The van der Waals surface area contributed by atoms with Gasteiger partial charge in [0.05, 0.1) is 24.7 Å². The summed E-state index contributed by atoms with van der Waals surface area (Å²) in [6.45, 7) is 20.4. The van der Waals surface area contributed by atoms with Crippen molar-refractivity contribution in [3.8, 4) is 0 Å². The van der Waals surface area contributed by atoms with Gasteiger partial charge in [0, 0.05) is 66.4 Å². The molecule has 0 amide bonds. The number of thioether (sulfide) groups is 2. The molecule has 0 saturated heterocycles. The molecule has 0 spiro atoms. The predicted octanol–water partition coefficient (Wildman–Crippen LogP) is 3.92. The van der Waals surface area contributed by atoms with Crippen LogP contribution < -0.4 is 11.6 Å². The first-order valence-electron chi connectivity index (χ1n) is 20.3. The van der Waals surface area contributed by atoms with E-state index >= 15 is 0 Å². The summed E-state index contributed by atoms with van der Waals surface area (Å²) in [6, 6.07) is 0. The van der Waals surface area contributed by atoms with E-state index in [-0.39, 0.29) is 98.2 Å². The maximum absolute atomic E-state index is 12.7. The van der Waals surface area contributed by atoms with Crippen LogP contribution in [-0.4, -0.2) is 136 Å². The van der Waals surface area contributed by atoms with Gasteiger partial charge in [-0.1, -0.05) is 73.5 Å². The van der Waals surface area contributed by atoms with Gasteiger partial charge in [-0.2, -0.15) is 23.5 Å². The number of unbranched alkanes of at least 4 members (excludes halogenated alkanes) is 2. The Bertz CT molecular complexity index is 1180. The highest BCUT2D eigenvalue weighted by atomic mass is 32.2. The van der Waals surface area contributed by atoms with E-state index in [9.17, 15) is 19.2 Å². The monoisotopic (exact) mass is 831 g/mol. The van der Waals surface area contributed by atoms with Crippen molar-refractivity contribution >= 4 is 63.1 Å². The highest BCUT2D eigenvalue weighted by Gasteiger charge is 2.28. The molecule has 0 aromatic carbocycles. The van der Waals surface area contributed by atoms with E-state index in [1.807, 2.05) is 40.4 Å². The van der Waals surface area contributed by atoms with Crippen molar-refractivity contribution in [1.82, 2.24) is 9.91 Å². The highest BCUT2D eigenvalue weighted by Crippen LogP contribution is 2.39. The summed E-state index contributed by atoms with van der Waals surface area (Å²) in [5.41, 5.74) is 6.48. The lowest BCUT2D eigenvalue weighted by Crippen LogP contribution is -2.38. The van der Waals surface area contributed by atoms with Gasteiger partial charge in [0.1, 0.15) is 42.1 Å². The lowest BCUT2D eigenvalue weighted by molar-refractivity contribution is -0.154. The van der Waals surface area contributed by atoms with E-state index < -0.39 is 11.9 Å². The maximum Gasteiger partial charge on any atom is 0.309 e. The molecule has 3 unspecified atom stereocenters. The minimum atomic E-state index is -0.473. The normalized spacial score (nSPS) is 14.4. The second-order valence-corrected chi connectivity index (χ2v) is 19.9. The molecule has 0 aromatic heterocycles. The van der Waals surface area contributed by atoms with Crippen LogP contribution in [-0.2, 0) is 42.9 Å². The third kappa shape index (κ3) is 30.1. The molecule has 4 N–H and O–H groups in total. The molecule has 3 atom stereocenters. The summed E-state index contributed by atoms with van der Waals surface area (Å²) in [4.78, 5) is 51.8. The number of carbonyl (C=O) groups is 4. The summed E-state index contributed by atoms with van der Waals surface area (Å²) in [7, 11) is 4.25. The van der Waals surface area contributed by atoms with Crippen molar-refractivity contribution in [2.75, 3.05) is 76.5 Å². The molecular weight excluding hydrogens is 754 g/mol. The van der Waals surface area contributed by atoms with Crippen LogP contribution in [0.4, 0.5) is 0 Å². The summed E-state index contributed by atoms with van der Waals surface area (Å²) >= 11 is 3.42. The Morgan fingerprint density at radius 2 is 1.29 bits per heavy atom. The molecule has 0 heterocycles. The van der Waals surface area contributed by atoms with E-state index in [2.05, 4.69) is 42.5 Å². The van der Waals surface area contributed by atoms with Crippen LogP contribution in [0.25, 0.3) is 0 Å². The van der Waals surface area contributed by atoms with Gasteiger partial charge in [-0.05, 0) is 31.9 Å². The van der Waals surface area contributed by atoms with Crippen LogP contribution in [0.3, 0.4) is 0 Å². The number of carbonyl (C=O) groups excluding carboxylic acids is 4. The van der Waals surface area contributed by atoms with Crippen LogP contribution in [0.5, 0.6) is 0 Å². The smallest absolute Gasteiger partial charge is 0.309 e. The second-order valence-electron chi connectivity index (χ2n) is 16.8. The molecule has 13 nitrogen and oxygen atoms in total. The van der Waals surface area contributed by atoms with Gasteiger partial charge in [-0.25, -0.2) is 5.84 Å². The largest absolute Gasteiger partial charge is 0.462 e. The van der Waals surface area contributed by atoms with Crippen molar-refractivity contribution in [2.24, 2.45) is 23.4 Å². The first-order chi connectivity index (χ1) is 26.1. The Labute approximate surface area is 349 Å². The number of esters is 4. The summed E-state index contributed by atoms with van der Waals surface area (Å²) in [5, 5.41) is 1.71. The molecule has 17 heteroatoms. The average molecular weight is 831 g/mol. The summed E-state index contributed by atoms with van der Waals surface area (Å²) in [6.07, 6.45) is 6.67. The summed E-state index contributed by atoms with van der Waals surface area (Å²) < 4.78 is 27.3. The van der Waals surface area contributed by atoms with E-state index in [4.69, 9.17) is 35.3 Å². The first kappa shape index (κ1) is 53.9. The SMILES string of the molecule is BC(C)(C)CC(C)(C)SCC(C)C(=O)OCCOC(=O)CCN(CCC(=O)OCCOC(=O)C(C)CSCC)C/C(N)=C/N(N)CCC(B)(C)OCCCCC. The molecule has 0 saturated carbocycles. The minimum Gasteiger partial charge on any atom is -0.462 e. The molecule has 324 valence electrons. The van der Waals surface area contributed by atoms with E-state index in [0.717, 1.165) is 31.4 Å². The van der Waals surface area contributed by atoms with Gasteiger partial charge in [0.2, 0.25) is 0 Å². The van der Waals surface area contributed by atoms with Crippen molar-refractivity contribution < 1.29 is 42.9 Å². The molecular formula is C39H76B2N4O9S2. The van der Waals surface area contributed by atoms with Crippen molar-refractivity contribution in [2.45, 2.75) is 123 Å². The lowest BCUT2D eigenvalue weighted by atomic mass is 9.67. The fraction of sp³-hybridized carbons (Fsp3) is 0.846. The van der Waals surface area contributed by atoms with Gasteiger partial charge in [-0.15, -0.1) is 0 Å². The Hall–Kier alpha value is -2.07. The van der Waals surface area contributed by atoms with E-state index in [1.54, 1.807) is 29.7 Å². The van der Waals surface area contributed by atoms with Crippen LogP contribution in [0.2, 0.25) is 5.31 Å². The topological polar surface area (TPSA) is 173 Å². The zero-order valence-electron chi connectivity index (χ0n) is 36.7. The van der Waals surface area contributed by atoms with Crippen molar-refractivity contribution in [3.05, 3.63) is 11.9 Å². The molecule has 56 heavy (non-hydrogen) atoms. The van der Waals surface area contributed by atoms with E-state index in [1.165, 1.54) is 5.01 Å². The number of ether oxygens (including phenoxy) is 5. The number of hydrogen-bond donors (Lipinski definition) is 2. The van der Waals surface area contributed by atoms with Gasteiger partial charge in [0.15, 0.2) is 0 Å². The molecule has 0 rings (SSSR count). The Morgan fingerprint density at radius 1 is 0.768 bits per heavy atom. The molecule has 0 aromatic rings. The van der Waals surface area contributed by atoms with E-state index in [0.29, 0.717) is 36.8 Å². The molecule has 0 aliphatic carbocycles. The zero-order valence-corrected chi connectivity index (χ0v) is 38.3. The average Bonchev–Trinajstić information content (AvgIpc) is 3.10. The number of nitrogens with two attached hydrogens (primary N) is 2. The Balaban J connectivity index is 5.07. The predicted molar refractivity (Wildman–Crippen MR) is 235 cm³/mol. The van der Waals surface area contributed by atoms with Gasteiger partial charge >= 0.3 is 23.9 Å². The van der Waals surface area contributed by atoms with Crippen LogP contribution >= 0.6 is 23.5 Å². The minimum absolute atomic E-state index is 0.0204. The molecule has 0 radical (unpaired) electrons. The fourth-order valence-corrected chi connectivity index (χ4v) is 7.75. The van der Waals surface area contributed by atoms with Gasteiger partial charge in [-0.3, -0.25) is 24.1 Å². The van der Waals surface area contributed by atoms with Crippen molar-refractivity contribution in [1.29, 1.82) is 0 Å². The first-order valence-corrected chi connectivity index (χ1v) is 22.4. The van der Waals surface area contributed by atoms with Crippen LogP contribution in [0.15, 0.2) is 11.9 Å². The second kappa shape index (κ2) is 29.2. The molecule has 0 aliphatic heterocycles. The standard InChI is InChI=1S/C39H76B2N4O9S2/c1-10-12-13-20-54-39(9,41)16-19-45(43)26-32(42)25-44(17-14-33(46)50-21-23-52-35(48)30(3)27-55-11-2)18-15-34(47)51-22-24-53-36(49)31(4)28-56-38(7,8)29-37(5,6)40/h26,30-31H,10-25,27-29,40-43H2,1-9H3/b32-26-. The fourth-order valence-electron chi connectivity index (χ4n) is 5.65. The zero-order chi connectivity index (χ0) is 42.8. The Kier molecular flexibility index (Phi) is 28.1. The molecule has 0 aliphatic rings. The number of hydrazine groups is 1. The maximum atomic E-state index is 12.7. The third-order valence-electron chi connectivity index (χ3n) is 8.45. The van der Waals surface area contributed by atoms with Gasteiger partial charge < -0.3 is 34.4 Å². The molecule has 0 bridgehead atoms. The van der Waals surface area contributed by atoms with Gasteiger partial charge in [0.25, 0.3) is 0 Å². The number of nitrogens with zero attached hydrogens (tertiary/aromatic N) is 2. The lowest BCUT2D eigenvalue weighted by Gasteiger charge is -2.32. The Morgan fingerprint density at radius 3 is 1.79 bits per heavy atom. The summed E-state index contributed by atoms with van der Waals surface area (Å²) in [5.74, 6) is 6.37. The van der Waals surface area contributed by atoms with Crippen molar-refractivity contribution in [3.63, 3.8) is 0 Å². The van der Waals surface area contributed by atoms with Crippen LogP contribution in [0, 0.1) is 11.8 Å². The quantitative estimate of drug-likeness (QED) is 0.0243. The van der Waals surface area contributed by atoms with Crippen LogP contribution in [0.1, 0.15) is 107 Å². The third-order valence-corrected chi connectivity index (χ3v) is 11.2. The number of hydrogen-bond acceptors (Lipinski definition) is 15. The number of rotatable bonds is 33.